The van der Waals surface area contributed by atoms with Crippen LogP contribution in [0, 0.1) is 3.57 Å². The van der Waals surface area contributed by atoms with Crippen molar-refractivity contribution in [3.05, 3.63) is 96.9 Å². The summed E-state index contributed by atoms with van der Waals surface area (Å²) >= 11 is 9.10. The fourth-order valence-electron chi connectivity index (χ4n) is 3.36. The number of hydrogen-bond acceptors (Lipinski definition) is 5. The SMILES string of the molecule is CCOc1cc(/C=C2/SC(=O)N(Cc3ccccc3)C2=O)cc(I)c1OCc1ccc(Cl)cc1. The Labute approximate surface area is 221 Å². The number of thioether (sulfide) groups is 1. The van der Waals surface area contributed by atoms with Crippen molar-refractivity contribution in [1.82, 2.24) is 4.90 Å². The largest absolute Gasteiger partial charge is 0.490 e. The fraction of sp³-hybridized carbons (Fsp3) is 0.154. The van der Waals surface area contributed by atoms with E-state index in [1.165, 1.54) is 4.90 Å². The van der Waals surface area contributed by atoms with E-state index < -0.39 is 0 Å². The standard InChI is InChI=1S/C26H21ClINO4S/c1-2-32-22-13-19(12-21(28)24(22)33-16-18-8-10-20(27)11-9-18)14-23-25(30)29(26(31)34-23)15-17-6-4-3-5-7-17/h3-14H,2,15-16H2,1H3/b23-14+. The Kier molecular flexibility index (Phi) is 8.18. The Balaban J connectivity index is 1.55. The average Bonchev–Trinajstić information content (AvgIpc) is 3.08. The zero-order valence-corrected chi connectivity index (χ0v) is 22.0. The summed E-state index contributed by atoms with van der Waals surface area (Å²) in [5, 5.41) is 0.397. The number of ether oxygens (including phenoxy) is 2. The molecule has 0 aromatic heterocycles. The number of imide groups is 1. The van der Waals surface area contributed by atoms with Gasteiger partial charge in [-0.05, 0) is 88.3 Å². The first-order valence-corrected chi connectivity index (χ1v) is 12.8. The second-order valence-electron chi connectivity index (χ2n) is 7.43. The molecule has 3 aromatic carbocycles. The van der Waals surface area contributed by atoms with Crippen LogP contribution in [-0.2, 0) is 17.9 Å². The van der Waals surface area contributed by atoms with Crippen LogP contribution in [0.1, 0.15) is 23.6 Å². The van der Waals surface area contributed by atoms with Crippen LogP contribution in [-0.4, -0.2) is 22.7 Å². The Morgan fingerprint density at radius 3 is 2.44 bits per heavy atom. The molecule has 1 heterocycles. The van der Waals surface area contributed by atoms with Gasteiger partial charge in [-0.15, -0.1) is 0 Å². The molecule has 1 aliphatic heterocycles. The lowest BCUT2D eigenvalue weighted by Crippen LogP contribution is -2.27. The van der Waals surface area contributed by atoms with Gasteiger partial charge < -0.3 is 9.47 Å². The number of halogens is 2. The van der Waals surface area contributed by atoms with Crippen LogP contribution in [0.25, 0.3) is 6.08 Å². The van der Waals surface area contributed by atoms with Crippen LogP contribution in [0.5, 0.6) is 11.5 Å². The monoisotopic (exact) mass is 605 g/mol. The molecule has 3 aromatic rings. The number of nitrogens with zero attached hydrogens (tertiary/aromatic N) is 1. The van der Waals surface area contributed by atoms with Crippen molar-refractivity contribution >= 4 is 63.2 Å². The lowest BCUT2D eigenvalue weighted by molar-refractivity contribution is -0.123. The van der Waals surface area contributed by atoms with E-state index in [1.54, 1.807) is 6.08 Å². The molecule has 0 radical (unpaired) electrons. The van der Waals surface area contributed by atoms with Crippen molar-refractivity contribution in [1.29, 1.82) is 0 Å². The van der Waals surface area contributed by atoms with Crippen LogP contribution in [0.4, 0.5) is 4.79 Å². The zero-order valence-electron chi connectivity index (χ0n) is 18.3. The summed E-state index contributed by atoms with van der Waals surface area (Å²) in [5.41, 5.74) is 2.65. The number of carbonyl (C=O) groups is 2. The zero-order chi connectivity index (χ0) is 24.1. The van der Waals surface area contributed by atoms with E-state index in [9.17, 15) is 9.59 Å². The van der Waals surface area contributed by atoms with Gasteiger partial charge in [-0.2, -0.15) is 0 Å². The summed E-state index contributed by atoms with van der Waals surface area (Å²) in [6, 6.07) is 20.7. The lowest BCUT2D eigenvalue weighted by Gasteiger charge is -2.15. The second kappa shape index (κ2) is 11.3. The highest BCUT2D eigenvalue weighted by molar-refractivity contribution is 14.1. The maximum atomic E-state index is 12.9. The third-order valence-electron chi connectivity index (χ3n) is 4.98. The molecule has 0 atom stereocenters. The normalized spacial score (nSPS) is 14.7. The summed E-state index contributed by atoms with van der Waals surface area (Å²) < 4.78 is 12.7. The summed E-state index contributed by atoms with van der Waals surface area (Å²) in [4.78, 5) is 27.1. The average molecular weight is 606 g/mol. The Hall–Kier alpha value is -2.49. The van der Waals surface area contributed by atoms with Gasteiger partial charge in [-0.25, -0.2) is 0 Å². The van der Waals surface area contributed by atoms with Crippen LogP contribution >= 0.6 is 46.0 Å². The summed E-state index contributed by atoms with van der Waals surface area (Å²) in [5.74, 6) is 0.916. The minimum absolute atomic E-state index is 0.252. The van der Waals surface area contributed by atoms with Gasteiger partial charge in [0.1, 0.15) is 6.61 Å². The summed E-state index contributed by atoms with van der Waals surface area (Å²) in [7, 11) is 0. The van der Waals surface area contributed by atoms with Crippen LogP contribution in [0.15, 0.2) is 71.6 Å². The van der Waals surface area contributed by atoms with Crippen LogP contribution in [0.2, 0.25) is 5.02 Å². The molecule has 174 valence electrons. The van der Waals surface area contributed by atoms with Crippen molar-refractivity contribution in [2.45, 2.75) is 20.1 Å². The maximum Gasteiger partial charge on any atom is 0.293 e. The minimum atomic E-state index is -0.296. The fourth-order valence-corrected chi connectivity index (χ4v) is 5.11. The lowest BCUT2D eigenvalue weighted by atomic mass is 10.1. The maximum absolute atomic E-state index is 12.9. The molecule has 0 aliphatic carbocycles. The third kappa shape index (κ3) is 5.95. The quantitative estimate of drug-likeness (QED) is 0.202. The molecule has 34 heavy (non-hydrogen) atoms. The van der Waals surface area contributed by atoms with E-state index in [2.05, 4.69) is 22.6 Å². The highest BCUT2D eigenvalue weighted by Gasteiger charge is 2.35. The highest BCUT2D eigenvalue weighted by Crippen LogP contribution is 2.38. The van der Waals surface area contributed by atoms with Gasteiger partial charge in [0.15, 0.2) is 11.5 Å². The van der Waals surface area contributed by atoms with Crippen molar-refractivity contribution < 1.29 is 19.1 Å². The van der Waals surface area contributed by atoms with Crippen LogP contribution in [0.3, 0.4) is 0 Å². The molecule has 1 aliphatic rings. The molecule has 0 spiro atoms. The third-order valence-corrected chi connectivity index (χ3v) is 6.94. The smallest absolute Gasteiger partial charge is 0.293 e. The van der Waals surface area contributed by atoms with Crippen molar-refractivity contribution in [2.75, 3.05) is 6.61 Å². The van der Waals surface area contributed by atoms with Gasteiger partial charge in [0.2, 0.25) is 0 Å². The predicted molar refractivity (Wildman–Crippen MR) is 144 cm³/mol. The van der Waals surface area contributed by atoms with Gasteiger partial charge in [0.05, 0.1) is 21.6 Å². The molecule has 1 fully saturated rings. The Morgan fingerprint density at radius 1 is 1.00 bits per heavy atom. The molecule has 8 heteroatoms. The molecule has 0 bridgehead atoms. The number of carbonyl (C=O) groups excluding carboxylic acids is 2. The first-order chi connectivity index (χ1) is 16.4. The first-order valence-electron chi connectivity index (χ1n) is 10.6. The highest BCUT2D eigenvalue weighted by atomic mass is 127. The minimum Gasteiger partial charge on any atom is -0.490 e. The Bertz CT molecular complexity index is 1230. The van der Waals surface area contributed by atoms with Gasteiger partial charge in [-0.1, -0.05) is 54.1 Å². The molecular formula is C26H21ClINO4S. The van der Waals surface area contributed by atoms with Gasteiger partial charge in [0, 0.05) is 5.02 Å². The van der Waals surface area contributed by atoms with Crippen molar-refractivity contribution in [3.63, 3.8) is 0 Å². The number of benzene rings is 3. The van der Waals surface area contributed by atoms with E-state index in [1.807, 2.05) is 73.7 Å². The summed E-state index contributed by atoms with van der Waals surface area (Å²) in [6.45, 7) is 2.98. The van der Waals surface area contributed by atoms with Crippen LogP contribution < -0.4 is 9.47 Å². The topological polar surface area (TPSA) is 55.8 Å². The van der Waals surface area contributed by atoms with E-state index in [0.717, 1.165) is 32.0 Å². The van der Waals surface area contributed by atoms with E-state index in [0.29, 0.717) is 34.6 Å². The molecule has 0 saturated carbocycles. The summed E-state index contributed by atoms with van der Waals surface area (Å²) in [6.07, 6.45) is 1.73. The molecule has 2 amide bonds. The van der Waals surface area contributed by atoms with Crippen molar-refractivity contribution in [2.24, 2.45) is 0 Å². The first kappa shape index (κ1) is 24.6. The van der Waals surface area contributed by atoms with E-state index in [-0.39, 0.29) is 17.7 Å². The van der Waals surface area contributed by atoms with Crippen molar-refractivity contribution in [3.8, 4) is 11.5 Å². The van der Waals surface area contributed by atoms with Gasteiger partial charge >= 0.3 is 0 Å². The molecular weight excluding hydrogens is 585 g/mol. The molecule has 0 N–H and O–H groups in total. The molecule has 4 rings (SSSR count). The second-order valence-corrected chi connectivity index (χ2v) is 10.0. The van der Waals surface area contributed by atoms with Gasteiger partial charge in [0.25, 0.3) is 11.1 Å². The van der Waals surface area contributed by atoms with E-state index >= 15 is 0 Å². The number of amides is 2. The Morgan fingerprint density at radius 2 is 1.74 bits per heavy atom. The number of hydrogen-bond donors (Lipinski definition) is 0. The predicted octanol–water partition coefficient (Wildman–Crippen LogP) is 7.16. The molecule has 5 nitrogen and oxygen atoms in total. The molecule has 1 saturated heterocycles. The molecule has 0 unspecified atom stereocenters. The van der Waals surface area contributed by atoms with E-state index in [4.69, 9.17) is 21.1 Å². The number of rotatable bonds is 8. The van der Waals surface area contributed by atoms with Gasteiger partial charge in [-0.3, -0.25) is 14.5 Å².